The van der Waals surface area contributed by atoms with Gasteiger partial charge in [-0.2, -0.15) is 0 Å². The van der Waals surface area contributed by atoms with E-state index in [1.807, 2.05) is 48.7 Å². The Hall–Kier alpha value is -3.09. The minimum Gasteiger partial charge on any atom is -0.452 e. The third-order valence-corrected chi connectivity index (χ3v) is 3.38. The van der Waals surface area contributed by atoms with E-state index in [1.165, 1.54) is 6.92 Å². The number of benzene rings is 1. The van der Waals surface area contributed by atoms with Crippen molar-refractivity contribution >= 4 is 17.8 Å². The molecule has 2 rings (SSSR count). The van der Waals surface area contributed by atoms with Gasteiger partial charge in [0.25, 0.3) is 5.91 Å². The number of amides is 2. The van der Waals surface area contributed by atoms with E-state index in [-0.39, 0.29) is 0 Å². The Morgan fingerprint density at radius 3 is 2.38 bits per heavy atom. The van der Waals surface area contributed by atoms with Crippen LogP contribution in [0.3, 0.4) is 0 Å². The van der Waals surface area contributed by atoms with Gasteiger partial charge < -0.3 is 9.30 Å². The molecule has 2 aromatic rings. The van der Waals surface area contributed by atoms with E-state index >= 15 is 0 Å². The summed E-state index contributed by atoms with van der Waals surface area (Å²) >= 11 is 0. The number of aryl methyl sites for hydroxylation is 1. The van der Waals surface area contributed by atoms with Crippen LogP contribution in [-0.2, 0) is 14.3 Å². The fourth-order valence-corrected chi connectivity index (χ4v) is 2.35. The average Bonchev–Trinajstić information content (AvgIpc) is 2.86. The summed E-state index contributed by atoms with van der Waals surface area (Å²) in [6.07, 6.45) is 0. The van der Waals surface area contributed by atoms with Gasteiger partial charge in [-0.15, -0.1) is 0 Å². The van der Waals surface area contributed by atoms with E-state index in [0.717, 1.165) is 17.1 Å². The van der Waals surface area contributed by atoms with Crippen molar-refractivity contribution in [1.29, 1.82) is 0 Å². The zero-order valence-corrected chi connectivity index (χ0v) is 13.8. The van der Waals surface area contributed by atoms with Gasteiger partial charge in [0.2, 0.25) is 5.91 Å². The maximum atomic E-state index is 12.2. The van der Waals surface area contributed by atoms with Crippen LogP contribution < -0.4 is 10.9 Å². The molecule has 0 aliphatic carbocycles. The van der Waals surface area contributed by atoms with Crippen LogP contribution in [0.2, 0.25) is 0 Å². The number of nitrogens with zero attached hydrogens (tertiary/aromatic N) is 1. The van der Waals surface area contributed by atoms with Crippen molar-refractivity contribution in [3.8, 4) is 5.69 Å². The number of rotatable bonds is 4. The molecule has 1 aromatic carbocycles. The van der Waals surface area contributed by atoms with E-state index in [1.54, 1.807) is 6.07 Å². The molecule has 0 radical (unpaired) electrons. The highest BCUT2D eigenvalue weighted by molar-refractivity contribution is 5.93. The summed E-state index contributed by atoms with van der Waals surface area (Å²) in [4.78, 5) is 34.3. The molecule has 7 nitrogen and oxygen atoms in total. The largest absolute Gasteiger partial charge is 0.452 e. The standard InChI is InChI=1S/C17H19N3O4/c1-11-9-15(12(2)20(11)14-7-5-4-6-8-14)17(23)24-10-16(22)19-18-13(3)21/h4-9H,10H2,1-3H3,(H,18,21)(H,19,22). The zero-order chi connectivity index (χ0) is 17.7. The molecule has 0 fully saturated rings. The predicted molar refractivity (Wildman–Crippen MR) is 87.5 cm³/mol. The number of nitrogens with one attached hydrogen (secondary N) is 2. The average molecular weight is 329 g/mol. The van der Waals surface area contributed by atoms with Gasteiger partial charge in [0, 0.05) is 24.0 Å². The van der Waals surface area contributed by atoms with Crippen molar-refractivity contribution in [2.45, 2.75) is 20.8 Å². The lowest BCUT2D eigenvalue weighted by Gasteiger charge is -2.10. The fourth-order valence-electron chi connectivity index (χ4n) is 2.35. The number of carbonyl (C=O) groups excluding carboxylic acids is 3. The minimum absolute atomic E-state index is 0.392. The van der Waals surface area contributed by atoms with Gasteiger partial charge in [-0.3, -0.25) is 20.4 Å². The molecular formula is C17H19N3O4. The Balaban J connectivity index is 2.08. The first-order valence-corrected chi connectivity index (χ1v) is 7.37. The summed E-state index contributed by atoms with van der Waals surface area (Å²) in [5.41, 5.74) is 7.19. The van der Waals surface area contributed by atoms with E-state index in [0.29, 0.717) is 5.56 Å². The Labute approximate surface area is 139 Å². The number of ether oxygens (including phenoxy) is 1. The van der Waals surface area contributed by atoms with Crippen LogP contribution in [0.4, 0.5) is 0 Å². The van der Waals surface area contributed by atoms with Crippen LogP contribution in [0.1, 0.15) is 28.7 Å². The van der Waals surface area contributed by atoms with Crippen LogP contribution in [0.5, 0.6) is 0 Å². The molecule has 2 N–H and O–H groups in total. The van der Waals surface area contributed by atoms with Gasteiger partial charge >= 0.3 is 5.97 Å². The van der Waals surface area contributed by atoms with E-state index < -0.39 is 24.4 Å². The molecule has 0 bridgehead atoms. The normalized spacial score (nSPS) is 10.1. The van der Waals surface area contributed by atoms with Crippen LogP contribution >= 0.6 is 0 Å². The quantitative estimate of drug-likeness (QED) is 0.656. The summed E-state index contributed by atoms with van der Waals surface area (Å²) in [5.74, 6) is -1.63. The molecule has 1 aromatic heterocycles. The van der Waals surface area contributed by atoms with Crippen molar-refractivity contribution < 1.29 is 19.1 Å². The van der Waals surface area contributed by atoms with Gasteiger partial charge in [-0.25, -0.2) is 4.79 Å². The molecule has 24 heavy (non-hydrogen) atoms. The molecule has 1 heterocycles. The highest BCUT2D eigenvalue weighted by atomic mass is 16.5. The molecule has 0 unspecified atom stereocenters. The molecule has 0 atom stereocenters. The Bertz CT molecular complexity index is 766. The van der Waals surface area contributed by atoms with Gasteiger partial charge in [-0.05, 0) is 32.0 Å². The van der Waals surface area contributed by atoms with Crippen LogP contribution in [0.25, 0.3) is 5.69 Å². The molecule has 0 spiro atoms. The van der Waals surface area contributed by atoms with Crippen molar-refractivity contribution in [3.05, 3.63) is 53.3 Å². The van der Waals surface area contributed by atoms with Gasteiger partial charge in [0.15, 0.2) is 6.61 Å². The second kappa shape index (κ2) is 7.45. The second-order valence-corrected chi connectivity index (χ2v) is 5.26. The molecule has 0 saturated carbocycles. The topological polar surface area (TPSA) is 89.4 Å². The summed E-state index contributed by atoms with van der Waals surface area (Å²) in [7, 11) is 0. The Morgan fingerprint density at radius 1 is 1.08 bits per heavy atom. The monoisotopic (exact) mass is 329 g/mol. The first-order valence-electron chi connectivity index (χ1n) is 7.37. The number of hydrogen-bond donors (Lipinski definition) is 2. The van der Waals surface area contributed by atoms with E-state index in [2.05, 4.69) is 10.9 Å². The van der Waals surface area contributed by atoms with Gasteiger partial charge in [0.1, 0.15) is 0 Å². The molecular weight excluding hydrogens is 310 g/mol. The summed E-state index contributed by atoms with van der Waals surface area (Å²) < 4.78 is 6.93. The summed E-state index contributed by atoms with van der Waals surface area (Å²) in [5, 5.41) is 0. The van der Waals surface area contributed by atoms with Crippen molar-refractivity contribution in [1.82, 2.24) is 15.4 Å². The summed E-state index contributed by atoms with van der Waals surface area (Å²) in [6, 6.07) is 11.3. The second-order valence-electron chi connectivity index (χ2n) is 5.26. The van der Waals surface area contributed by atoms with Crippen LogP contribution in [-0.4, -0.2) is 29.0 Å². The number of hydrogen-bond acceptors (Lipinski definition) is 4. The fraction of sp³-hybridized carbons (Fsp3) is 0.235. The minimum atomic E-state index is -0.615. The number of para-hydroxylation sites is 1. The van der Waals surface area contributed by atoms with Crippen molar-refractivity contribution in [2.24, 2.45) is 0 Å². The predicted octanol–water partition coefficient (Wildman–Crippen LogP) is 1.42. The third-order valence-electron chi connectivity index (χ3n) is 3.38. The zero-order valence-electron chi connectivity index (χ0n) is 13.8. The number of aromatic nitrogens is 1. The lowest BCUT2D eigenvalue weighted by atomic mass is 10.2. The van der Waals surface area contributed by atoms with Crippen molar-refractivity contribution in [3.63, 3.8) is 0 Å². The maximum Gasteiger partial charge on any atom is 0.340 e. The molecule has 2 amide bonds. The molecule has 0 aliphatic rings. The number of hydrazine groups is 1. The first kappa shape index (κ1) is 17.3. The lowest BCUT2D eigenvalue weighted by molar-refractivity contribution is -0.129. The van der Waals surface area contributed by atoms with E-state index in [4.69, 9.17) is 4.74 Å². The smallest absolute Gasteiger partial charge is 0.340 e. The maximum absolute atomic E-state index is 12.2. The molecule has 0 saturated heterocycles. The van der Waals surface area contributed by atoms with Gasteiger partial charge in [-0.1, -0.05) is 18.2 Å². The third kappa shape index (κ3) is 4.01. The highest BCUT2D eigenvalue weighted by Crippen LogP contribution is 2.21. The molecule has 126 valence electrons. The Morgan fingerprint density at radius 2 is 1.75 bits per heavy atom. The Kier molecular flexibility index (Phi) is 5.36. The SMILES string of the molecule is CC(=O)NNC(=O)COC(=O)c1cc(C)n(-c2ccccc2)c1C. The van der Waals surface area contributed by atoms with Gasteiger partial charge in [0.05, 0.1) is 5.56 Å². The number of esters is 1. The number of carbonyl (C=O) groups is 3. The van der Waals surface area contributed by atoms with Crippen LogP contribution in [0.15, 0.2) is 36.4 Å². The molecule has 0 aliphatic heterocycles. The van der Waals surface area contributed by atoms with E-state index in [9.17, 15) is 14.4 Å². The first-order chi connectivity index (χ1) is 11.4. The van der Waals surface area contributed by atoms with Crippen LogP contribution in [0, 0.1) is 13.8 Å². The highest BCUT2D eigenvalue weighted by Gasteiger charge is 2.18. The molecule has 7 heteroatoms. The summed E-state index contributed by atoms with van der Waals surface area (Å²) in [6.45, 7) is 4.48. The lowest BCUT2D eigenvalue weighted by Crippen LogP contribution is -2.42. The van der Waals surface area contributed by atoms with Crippen molar-refractivity contribution in [2.75, 3.05) is 6.61 Å².